The van der Waals surface area contributed by atoms with Gasteiger partial charge in [0.1, 0.15) is 0 Å². The minimum absolute atomic E-state index is 0.201. The Hall–Kier alpha value is -3.42. The van der Waals surface area contributed by atoms with Crippen molar-refractivity contribution in [3.05, 3.63) is 107 Å². The predicted octanol–water partition coefficient (Wildman–Crippen LogP) is 4.11. The monoisotopic (exact) mass is 449 g/mol. The summed E-state index contributed by atoms with van der Waals surface area (Å²) in [7, 11) is -2.05. The zero-order chi connectivity index (χ0) is 23.1. The number of nitrogens with zero attached hydrogens (tertiary/aromatic N) is 1. The van der Waals surface area contributed by atoms with E-state index >= 15 is 0 Å². The number of hydrazine groups is 1. The van der Waals surface area contributed by atoms with Crippen LogP contribution in [-0.4, -0.2) is 25.7 Å². The van der Waals surface area contributed by atoms with Crippen LogP contribution in [0.2, 0.25) is 0 Å². The first-order chi connectivity index (χ1) is 15.3. The number of carbonyl (C=O) groups excluding carboxylic acids is 1. The van der Waals surface area contributed by atoms with Crippen molar-refractivity contribution in [3.8, 4) is 0 Å². The highest BCUT2D eigenvalue weighted by atomic mass is 32.2. The number of aryl methyl sites for hydroxylation is 1. The van der Waals surface area contributed by atoms with Crippen LogP contribution < -0.4 is 10.9 Å². The Bertz CT molecular complexity index is 1190. The van der Waals surface area contributed by atoms with Gasteiger partial charge in [-0.25, -0.2) is 8.42 Å². The van der Waals surface area contributed by atoms with Crippen molar-refractivity contribution in [3.63, 3.8) is 0 Å². The van der Waals surface area contributed by atoms with Gasteiger partial charge in [-0.15, -0.1) is 0 Å². The molecule has 6 nitrogen and oxygen atoms in total. The second-order valence-corrected chi connectivity index (χ2v) is 9.46. The van der Waals surface area contributed by atoms with E-state index in [9.17, 15) is 13.2 Å². The van der Waals surface area contributed by atoms with Crippen molar-refractivity contribution >= 4 is 21.6 Å². The molecular weight excluding hydrogens is 422 g/mol. The van der Waals surface area contributed by atoms with E-state index in [4.69, 9.17) is 0 Å². The molecule has 0 unspecified atom stereocenters. The van der Waals surface area contributed by atoms with Crippen molar-refractivity contribution in [1.82, 2.24) is 15.2 Å². The topological polar surface area (TPSA) is 78.5 Å². The van der Waals surface area contributed by atoms with Crippen molar-refractivity contribution < 1.29 is 13.2 Å². The lowest BCUT2D eigenvalue weighted by Gasteiger charge is -2.18. The number of hydrogen-bond donors (Lipinski definition) is 2. The van der Waals surface area contributed by atoms with Gasteiger partial charge in [-0.2, -0.15) is 4.31 Å². The number of benzene rings is 3. The van der Waals surface area contributed by atoms with Gasteiger partial charge in [-0.3, -0.25) is 15.6 Å². The molecule has 2 N–H and O–H groups in total. The van der Waals surface area contributed by atoms with Crippen LogP contribution in [0.4, 0.5) is 0 Å². The number of nitrogens with one attached hydrogen (secondary N) is 2. The van der Waals surface area contributed by atoms with E-state index in [2.05, 4.69) is 10.9 Å². The van der Waals surface area contributed by atoms with Crippen LogP contribution in [0.25, 0.3) is 5.70 Å². The summed E-state index contributed by atoms with van der Waals surface area (Å²) in [5.74, 6) is -0.285. The summed E-state index contributed by atoms with van der Waals surface area (Å²) >= 11 is 0. The number of carbonyl (C=O) groups is 1. The molecule has 0 atom stereocenters. The second-order valence-electron chi connectivity index (χ2n) is 7.42. The molecule has 3 aromatic rings. The maximum atomic E-state index is 12.8. The van der Waals surface area contributed by atoms with Gasteiger partial charge in [0.25, 0.3) is 5.91 Å². The standard InChI is InChI=1S/C25H27N3O3S/c1-4-24(21-8-6-5-7-9-21)26-27-25(29)22-14-12-20(13-15-22)18-28(3)32(30,31)23-16-10-19(2)11-17-23/h4-17,26H,18H2,1-3H3,(H,27,29)/b24-4-. The minimum atomic E-state index is -3.59. The SMILES string of the molecule is C/C=C(\NNC(=O)c1ccc(CN(C)S(=O)(=O)c2ccc(C)cc2)cc1)c1ccccc1. The molecule has 0 saturated heterocycles. The third-order valence-corrected chi connectivity index (χ3v) is 6.85. The molecule has 0 aliphatic heterocycles. The predicted molar refractivity (Wildman–Crippen MR) is 127 cm³/mol. The van der Waals surface area contributed by atoms with Gasteiger partial charge in [0.2, 0.25) is 10.0 Å². The highest BCUT2D eigenvalue weighted by molar-refractivity contribution is 7.89. The first-order valence-electron chi connectivity index (χ1n) is 10.2. The van der Waals surface area contributed by atoms with Crippen LogP contribution >= 0.6 is 0 Å². The van der Waals surface area contributed by atoms with E-state index < -0.39 is 10.0 Å². The van der Waals surface area contributed by atoms with Crippen LogP contribution in [0.5, 0.6) is 0 Å². The van der Waals surface area contributed by atoms with E-state index in [0.717, 1.165) is 22.4 Å². The van der Waals surface area contributed by atoms with Crippen LogP contribution in [0, 0.1) is 6.92 Å². The fourth-order valence-electron chi connectivity index (χ4n) is 3.12. The van der Waals surface area contributed by atoms with Crippen molar-refractivity contribution in [2.24, 2.45) is 0 Å². The zero-order valence-electron chi connectivity index (χ0n) is 18.4. The molecular formula is C25H27N3O3S. The van der Waals surface area contributed by atoms with E-state index in [1.54, 1.807) is 55.6 Å². The average Bonchev–Trinajstić information content (AvgIpc) is 2.80. The third-order valence-electron chi connectivity index (χ3n) is 5.03. The molecule has 166 valence electrons. The molecule has 32 heavy (non-hydrogen) atoms. The quantitative estimate of drug-likeness (QED) is 0.507. The number of amides is 1. The van der Waals surface area contributed by atoms with E-state index in [-0.39, 0.29) is 17.3 Å². The van der Waals surface area contributed by atoms with Crippen molar-refractivity contribution in [1.29, 1.82) is 0 Å². The van der Waals surface area contributed by atoms with Gasteiger partial charge in [-0.1, -0.05) is 66.2 Å². The Morgan fingerprint density at radius 1 is 0.875 bits per heavy atom. The Kier molecular flexibility index (Phi) is 7.45. The smallest absolute Gasteiger partial charge is 0.269 e. The molecule has 0 aromatic heterocycles. The highest BCUT2D eigenvalue weighted by Gasteiger charge is 2.20. The number of hydrogen-bond acceptors (Lipinski definition) is 4. The third kappa shape index (κ3) is 5.63. The minimum Gasteiger partial charge on any atom is -0.298 e. The van der Waals surface area contributed by atoms with Crippen LogP contribution in [0.3, 0.4) is 0 Å². The van der Waals surface area contributed by atoms with Gasteiger partial charge >= 0.3 is 0 Å². The maximum Gasteiger partial charge on any atom is 0.269 e. The van der Waals surface area contributed by atoms with Crippen molar-refractivity contribution in [2.75, 3.05) is 7.05 Å². The number of rotatable bonds is 8. The molecule has 1 amide bonds. The molecule has 0 spiro atoms. The summed E-state index contributed by atoms with van der Waals surface area (Å²) in [6, 6.07) is 23.3. The van der Waals surface area contributed by atoms with Crippen molar-refractivity contribution in [2.45, 2.75) is 25.3 Å². The van der Waals surface area contributed by atoms with E-state index in [0.29, 0.717) is 5.56 Å². The van der Waals surface area contributed by atoms with Crippen LogP contribution in [0.15, 0.2) is 89.8 Å². The normalized spacial score (nSPS) is 11.9. The molecule has 0 fully saturated rings. The lowest BCUT2D eigenvalue weighted by molar-refractivity contribution is 0.0942. The number of sulfonamides is 1. The molecule has 0 heterocycles. The van der Waals surface area contributed by atoms with Crippen LogP contribution in [-0.2, 0) is 16.6 Å². The Morgan fingerprint density at radius 3 is 2.09 bits per heavy atom. The Balaban J connectivity index is 1.61. The summed E-state index contributed by atoms with van der Waals surface area (Å²) in [5.41, 5.74) is 9.64. The van der Waals surface area contributed by atoms with Gasteiger partial charge in [-0.05, 0) is 49.2 Å². The molecule has 0 radical (unpaired) electrons. The maximum absolute atomic E-state index is 12.8. The Morgan fingerprint density at radius 2 is 1.50 bits per heavy atom. The first-order valence-corrected chi connectivity index (χ1v) is 11.7. The second kappa shape index (κ2) is 10.3. The fraction of sp³-hybridized carbons (Fsp3) is 0.160. The summed E-state index contributed by atoms with van der Waals surface area (Å²) in [6.07, 6.45) is 1.88. The lowest BCUT2D eigenvalue weighted by atomic mass is 10.1. The number of allylic oxidation sites excluding steroid dienone is 1. The van der Waals surface area contributed by atoms with Gasteiger partial charge in [0, 0.05) is 19.2 Å². The summed E-state index contributed by atoms with van der Waals surface area (Å²) < 4.78 is 26.8. The van der Waals surface area contributed by atoms with E-state index in [1.165, 1.54) is 4.31 Å². The first kappa shape index (κ1) is 23.2. The van der Waals surface area contributed by atoms with Crippen LogP contribution in [0.1, 0.15) is 34.0 Å². The molecule has 0 saturated carbocycles. The summed E-state index contributed by atoms with van der Waals surface area (Å²) in [4.78, 5) is 12.7. The molecule has 0 aliphatic rings. The molecule has 0 aliphatic carbocycles. The fourth-order valence-corrected chi connectivity index (χ4v) is 4.28. The lowest BCUT2D eigenvalue weighted by Crippen LogP contribution is -2.36. The molecule has 3 aromatic carbocycles. The van der Waals surface area contributed by atoms with Gasteiger partial charge < -0.3 is 0 Å². The van der Waals surface area contributed by atoms with Gasteiger partial charge in [0.05, 0.1) is 10.6 Å². The Labute approximate surface area is 189 Å². The average molecular weight is 450 g/mol. The van der Waals surface area contributed by atoms with Gasteiger partial charge in [0.15, 0.2) is 0 Å². The van der Waals surface area contributed by atoms with E-state index in [1.807, 2.05) is 50.3 Å². The molecule has 0 bridgehead atoms. The molecule has 7 heteroatoms. The zero-order valence-corrected chi connectivity index (χ0v) is 19.2. The largest absolute Gasteiger partial charge is 0.298 e. The molecule has 3 rings (SSSR count). The highest BCUT2D eigenvalue weighted by Crippen LogP contribution is 2.18. The summed E-state index contributed by atoms with van der Waals surface area (Å²) in [6.45, 7) is 4.00. The summed E-state index contributed by atoms with van der Waals surface area (Å²) in [5, 5.41) is 0.